The third-order valence-corrected chi connectivity index (χ3v) is 3.78. The predicted octanol–water partition coefficient (Wildman–Crippen LogP) is 2.93. The van der Waals surface area contributed by atoms with E-state index in [9.17, 15) is 0 Å². The molecule has 0 fully saturated rings. The zero-order valence-electron chi connectivity index (χ0n) is 7.06. The van der Waals surface area contributed by atoms with Gasteiger partial charge in [0.2, 0.25) is 0 Å². The molecule has 0 aliphatic heterocycles. The monoisotopic (exact) mass is 241 g/mol. The lowest BCUT2D eigenvalue weighted by Gasteiger charge is -2.00. The predicted molar refractivity (Wildman–Crippen MR) is 62.3 cm³/mol. The molecule has 14 heavy (non-hydrogen) atoms. The van der Waals surface area contributed by atoms with Crippen LogP contribution in [0, 0.1) is 3.95 Å². The number of hydrogen-bond donors (Lipinski definition) is 2. The van der Waals surface area contributed by atoms with Gasteiger partial charge in [0.25, 0.3) is 0 Å². The minimum atomic E-state index is 0.682. The summed E-state index contributed by atoms with van der Waals surface area (Å²) in [5.74, 6) is 0. The topological polar surface area (TPSA) is 54.7 Å². The molecule has 0 unspecified atom stereocenters. The van der Waals surface area contributed by atoms with E-state index in [0.717, 1.165) is 14.9 Å². The number of nitrogen functional groups attached to an aromatic ring is 1. The number of rotatable bonds is 2. The van der Waals surface area contributed by atoms with Crippen molar-refractivity contribution in [3.63, 3.8) is 0 Å². The van der Waals surface area contributed by atoms with Crippen LogP contribution in [0.4, 0.5) is 5.69 Å². The van der Waals surface area contributed by atoms with Crippen molar-refractivity contribution in [2.24, 2.45) is 0 Å². The van der Waals surface area contributed by atoms with Crippen molar-refractivity contribution in [1.82, 2.24) is 10.2 Å². The van der Waals surface area contributed by atoms with Gasteiger partial charge < -0.3 is 5.73 Å². The van der Waals surface area contributed by atoms with Crippen LogP contribution in [-0.4, -0.2) is 10.2 Å². The van der Waals surface area contributed by atoms with E-state index in [4.69, 9.17) is 18.0 Å². The highest BCUT2D eigenvalue weighted by atomic mass is 32.2. The van der Waals surface area contributed by atoms with Gasteiger partial charge in [-0.15, -0.1) is 0 Å². The maximum Gasteiger partial charge on any atom is 0.177 e. The van der Waals surface area contributed by atoms with Gasteiger partial charge in [-0.25, -0.2) is 0 Å². The first-order chi connectivity index (χ1) is 6.75. The number of nitrogens with two attached hydrogens (primary N) is 1. The van der Waals surface area contributed by atoms with Crippen LogP contribution in [0.5, 0.6) is 0 Å². The summed E-state index contributed by atoms with van der Waals surface area (Å²) < 4.78 is 1.56. The first kappa shape index (κ1) is 9.70. The summed E-state index contributed by atoms with van der Waals surface area (Å²) in [6, 6.07) is 7.69. The number of hydrogen-bond acceptors (Lipinski definition) is 5. The first-order valence-electron chi connectivity index (χ1n) is 3.83. The molecule has 0 amide bonds. The second kappa shape index (κ2) is 4.12. The van der Waals surface area contributed by atoms with E-state index in [1.54, 1.807) is 0 Å². The highest BCUT2D eigenvalue weighted by molar-refractivity contribution is 8.01. The molecule has 1 aromatic carbocycles. The van der Waals surface area contributed by atoms with E-state index in [-0.39, 0.29) is 0 Å². The molecule has 72 valence electrons. The van der Waals surface area contributed by atoms with Crippen molar-refractivity contribution in [2.45, 2.75) is 9.24 Å². The Kier molecular flexibility index (Phi) is 2.85. The van der Waals surface area contributed by atoms with E-state index in [2.05, 4.69) is 10.2 Å². The number of anilines is 1. The van der Waals surface area contributed by atoms with E-state index in [1.165, 1.54) is 23.1 Å². The first-order valence-corrected chi connectivity index (χ1v) is 5.88. The molecule has 0 saturated carbocycles. The Bertz CT molecular complexity index is 488. The largest absolute Gasteiger partial charge is 0.398 e. The maximum absolute atomic E-state index is 5.79. The van der Waals surface area contributed by atoms with Gasteiger partial charge >= 0.3 is 0 Å². The van der Waals surface area contributed by atoms with E-state index in [0.29, 0.717) is 3.95 Å². The lowest BCUT2D eigenvalue weighted by molar-refractivity contribution is 1.00. The smallest absolute Gasteiger partial charge is 0.177 e. The Labute approximate surface area is 94.4 Å². The summed E-state index contributed by atoms with van der Waals surface area (Å²) in [6.07, 6.45) is 0. The molecule has 0 radical (unpaired) electrons. The highest BCUT2D eigenvalue weighted by Crippen LogP contribution is 2.32. The third kappa shape index (κ3) is 2.14. The average molecular weight is 241 g/mol. The molecule has 3 N–H and O–H groups in total. The Balaban J connectivity index is 2.27. The van der Waals surface area contributed by atoms with Crippen molar-refractivity contribution in [3.05, 3.63) is 28.2 Å². The number of benzene rings is 1. The lowest BCUT2D eigenvalue weighted by Crippen LogP contribution is -1.86. The standard InChI is InChI=1S/C8H7N3S3/c9-5-3-1-2-4-6(5)13-8-11-10-7(12)14-8/h1-4H,9H2,(H,10,12). The second-order valence-electron chi connectivity index (χ2n) is 2.52. The molecular weight excluding hydrogens is 234 g/mol. The molecule has 0 atom stereocenters. The zero-order valence-corrected chi connectivity index (χ0v) is 9.51. The van der Waals surface area contributed by atoms with Gasteiger partial charge in [0, 0.05) is 10.6 Å². The zero-order chi connectivity index (χ0) is 9.97. The van der Waals surface area contributed by atoms with Gasteiger partial charge in [-0.2, -0.15) is 5.10 Å². The number of aromatic amines is 1. The Morgan fingerprint density at radius 1 is 1.43 bits per heavy atom. The molecule has 0 bridgehead atoms. The van der Waals surface area contributed by atoms with E-state index >= 15 is 0 Å². The quantitative estimate of drug-likeness (QED) is 0.627. The Morgan fingerprint density at radius 2 is 2.21 bits per heavy atom. The molecule has 6 heteroatoms. The van der Waals surface area contributed by atoms with Gasteiger partial charge in [-0.3, -0.25) is 5.10 Å². The van der Waals surface area contributed by atoms with Crippen molar-refractivity contribution in [3.8, 4) is 0 Å². The minimum absolute atomic E-state index is 0.682. The fourth-order valence-electron chi connectivity index (χ4n) is 0.927. The summed E-state index contributed by atoms with van der Waals surface area (Å²) >= 11 is 7.90. The van der Waals surface area contributed by atoms with Gasteiger partial charge in [-0.1, -0.05) is 35.2 Å². The van der Waals surface area contributed by atoms with Gasteiger partial charge in [0.15, 0.2) is 8.29 Å². The second-order valence-corrected chi connectivity index (χ2v) is 5.47. The van der Waals surface area contributed by atoms with Crippen LogP contribution in [-0.2, 0) is 0 Å². The highest BCUT2D eigenvalue weighted by Gasteiger charge is 2.03. The summed E-state index contributed by atoms with van der Waals surface area (Å²) in [5, 5.41) is 6.78. The average Bonchev–Trinajstić information content (AvgIpc) is 2.56. The van der Waals surface area contributed by atoms with Gasteiger partial charge in [0.1, 0.15) is 0 Å². The van der Waals surface area contributed by atoms with Crippen LogP contribution in [0.15, 0.2) is 33.5 Å². The molecule has 0 saturated heterocycles. The fourth-order valence-corrected chi connectivity index (χ4v) is 3.01. The molecule has 2 rings (SSSR count). The lowest BCUT2D eigenvalue weighted by atomic mass is 10.3. The molecule has 0 aliphatic carbocycles. The van der Waals surface area contributed by atoms with Crippen LogP contribution in [0.3, 0.4) is 0 Å². The molecule has 0 aliphatic rings. The summed E-state index contributed by atoms with van der Waals surface area (Å²) in [5.41, 5.74) is 6.56. The summed E-state index contributed by atoms with van der Waals surface area (Å²) in [4.78, 5) is 1.00. The molecule has 1 heterocycles. The number of nitrogens with one attached hydrogen (secondary N) is 1. The number of H-pyrrole nitrogens is 1. The van der Waals surface area contributed by atoms with Crippen LogP contribution in [0.2, 0.25) is 0 Å². The fraction of sp³-hybridized carbons (Fsp3) is 0. The third-order valence-electron chi connectivity index (χ3n) is 1.53. The Morgan fingerprint density at radius 3 is 2.86 bits per heavy atom. The number of nitrogens with zero attached hydrogens (tertiary/aromatic N) is 1. The molecule has 2 aromatic rings. The molecule has 1 aromatic heterocycles. The maximum atomic E-state index is 5.79. The minimum Gasteiger partial charge on any atom is -0.398 e. The van der Waals surface area contributed by atoms with Gasteiger partial charge in [-0.05, 0) is 24.4 Å². The number of para-hydroxylation sites is 1. The molecular formula is C8H7N3S3. The van der Waals surface area contributed by atoms with Crippen LogP contribution >= 0.6 is 35.3 Å². The van der Waals surface area contributed by atoms with Gasteiger partial charge in [0.05, 0.1) is 0 Å². The van der Waals surface area contributed by atoms with Crippen molar-refractivity contribution in [2.75, 3.05) is 5.73 Å². The summed E-state index contributed by atoms with van der Waals surface area (Å²) in [6.45, 7) is 0. The van der Waals surface area contributed by atoms with Crippen molar-refractivity contribution in [1.29, 1.82) is 0 Å². The van der Waals surface area contributed by atoms with Crippen molar-refractivity contribution >= 4 is 41.0 Å². The van der Waals surface area contributed by atoms with Crippen LogP contribution < -0.4 is 5.73 Å². The van der Waals surface area contributed by atoms with Crippen molar-refractivity contribution < 1.29 is 0 Å². The SMILES string of the molecule is Nc1ccccc1Sc1n[nH]c(=S)s1. The molecule has 3 nitrogen and oxygen atoms in total. The molecule has 0 spiro atoms. The number of aromatic nitrogens is 2. The van der Waals surface area contributed by atoms with Crippen LogP contribution in [0.1, 0.15) is 0 Å². The normalized spacial score (nSPS) is 10.3. The summed E-state index contributed by atoms with van der Waals surface area (Å²) in [7, 11) is 0. The Hall–Kier alpha value is -0.850. The van der Waals surface area contributed by atoms with E-state index < -0.39 is 0 Å². The van der Waals surface area contributed by atoms with Crippen LogP contribution in [0.25, 0.3) is 0 Å². The van der Waals surface area contributed by atoms with E-state index in [1.807, 2.05) is 24.3 Å².